The molecule has 0 radical (unpaired) electrons. The maximum absolute atomic E-state index is 12.3. The first-order valence-corrected chi connectivity index (χ1v) is 7.57. The molecule has 1 aliphatic rings. The number of hydrogen-bond acceptors (Lipinski definition) is 4. The molecule has 0 spiro atoms. The van der Waals surface area contributed by atoms with Crippen LogP contribution in [0.15, 0.2) is 17.3 Å². The van der Waals surface area contributed by atoms with Crippen molar-refractivity contribution >= 4 is 16.0 Å². The predicted molar refractivity (Wildman–Crippen MR) is 67.1 cm³/mol. The fraction of sp³-hybridized carbons (Fsp3) is 0.636. The number of rotatable bonds is 6. The van der Waals surface area contributed by atoms with Crippen LogP contribution in [0, 0.1) is 0 Å². The molecule has 0 bridgehead atoms. The van der Waals surface area contributed by atoms with Crippen LogP contribution in [0.2, 0.25) is 0 Å². The minimum atomic E-state index is -3.51. The summed E-state index contributed by atoms with van der Waals surface area (Å²) in [5, 5.41) is 12.5. The molecule has 106 valence electrons. The molecule has 1 aromatic rings. The van der Waals surface area contributed by atoms with Gasteiger partial charge in [0.05, 0.1) is 19.2 Å². The topological polar surface area (TPSA) is 92.5 Å². The Morgan fingerprint density at radius 2 is 2.26 bits per heavy atom. The van der Waals surface area contributed by atoms with Crippen molar-refractivity contribution in [1.82, 2.24) is 14.1 Å². The van der Waals surface area contributed by atoms with Gasteiger partial charge in [-0.15, -0.1) is 0 Å². The largest absolute Gasteiger partial charge is 0.481 e. The third kappa shape index (κ3) is 2.95. The average Bonchev–Trinajstić information content (AvgIpc) is 2.72. The van der Waals surface area contributed by atoms with Gasteiger partial charge in [-0.25, -0.2) is 8.42 Å². The number of carbonyl (C=O) groups is 1. The van der Waals surface area contributed by atoms with E-state index < -0.39 is 16.0 Å². The normalized spacial score (nSPS) is 16.5. The molecule has 7 nitrogen and oxygen atoms in total. The van der Waals surface area contributed by atoms with E-state index in [0.29, 0.717) is 0 Å². The Labute approximate surface area is 111 Å². The van der Waals surface area contributed by atoms with Crippen LogP contribution in [-0.2, 0) is 21.4 Å². The molecule has 1 aromatic heterocycles. The molecule has 8 heteroatoms. The molecule has 0 atom stereocenters. The van der Waals surface area contributed by atoms with Gasteiger partial charge in [0.1, 0.15) is 4.90 Å². The molecule has 2 rings (SSSR count). The predicted octanol–water partition coefficient (Wildman–Crippen LogP) is 0.531. The Morgan fingerprint density at radius 1 is 1.58 bits per heavy atom. The van der Waals surface area contributed by atoms with Crippen molar-refractivity contribution in [2.75, 3.05) is 7.05 Å². The molecule has 1 heterocycles. The maximum Gasteiger partial charge on any atom is 0.305 e. The highest BCUT2D eigenvalue weighted by Gasteiger charge is 2.32. The first-order chi connectivity index (χ1) is 8.91. The summed E-state index contributed by atoms with van der Waals surface area (Å²) in [6.45, 7) is 0.165. The van der Waals surface area contributed by atoms with E-state index in [0.717, 1.165) is 19.3 Å². The van der Waals surface area contributed by atoms with Crippen molar-refractivity contribution in [2.24, 2.45) is 0 Å². The third-order valence-corrected chi connectivity index (χ3v) is 5.29. The lowest BCUT2D eigenvalue weighted by atomic mass is 9.94. The summed E-state index contributed by atoms with van der Waals surface area (Å²) in [7, 11) is -1.94. The highest BCUT2D eigenvalue weighted by molar-refractivity contribution is 7.89. The number of hydrogen-bond donors (Lipinski definition) is 1. The number of sulfonamides is 1. The van der Waals surface area contributed by atoms with Crippen molar-refractivity contribution in [3.63, 3.8) is 0 Å². The lowest BCUT2D eigenvalue weighted by Gasteiger charge is -2.33. The van der Waals surface area contributed by atoms with Gasteiger partial charge in [-0.05, 0) is 12.8 Å². The van der Waals surface area contributed by atoms with E-state index in [1.54, 1.807) is 7.05 Å². The Balaban J connectivity index is 2.10. The second-order valence-electron chi connectivity index (χ2n) is 4.69. The summed E-state index contributed by atoms with van der Waals surface area (Å²) in [6, 6.07) is 0.0763. The summed E-state index contributed by atoms with van der Waals surface area (Å²) in [5.74, 6) is -0.938. The van der Waals surface area contributed by atoms with Crippen LogP contribution in [0.1, 0.15) is 25.7 Å². The van der Waals surface area contributed by atoms with Gasteiger partial charge in [0, 0.05) is 19.3 Å². The summed E-state index contributed by atoms with van der Waals surface area (Å²) in [5.41, 5.74) is 0. The number of aliphatic carboxylic acids is 1. The van der Waals surface area contributed by atoms with Crippen LogP contribution in [-0.4, -0.2) is 46.7 Å². The van der Waals surface area contributed by atoms with Gasteiger partial charge in [0.15, 0.2) is 0 Å². The van der Waals surface area contributed by atoms with Gasteiger partial charge >= 0.3 is 5.97 Å². The van der Waals surface area contributed by atoms with Crippen LogP contribution >= 0.6 is 0 Å². The number of aryl methyl sites for hydroxylation is 1. The van der Waals surface area contributed by atoms with E-state index in [9.17, 15) is 13.2 Å². The molecule has 0 amide bonds. The number of carboxylic acid groups (broad SMARTS) is 1. The van der Waals surface area contributed by atoms with Gasteiger partial charge in [0.2, 0.25) is 10.0 Å². The minimum absolute atomic E-state index is 0.0763. The fourth-order valence-corrected chi connectivity index (χ4v) is 3.29. The van der Waals surface area contributed by atoms with Crippen LogP contribution in [0.5, 0.6) is 0 Å². The van der Waals surface area contributed by atoms with Gasteiger partial charge in [0.25, 0.3) is 0 Å². The molecular formula is C11H17N3O4S. The van der Waals surface area contributed by atoms with Gasteiger partial charge < -0.3 is 5.11 Å². The second-order valence-corrected chi connectivity index (χ2v) is 6.69. The zero-order valence-corrected chi connectivity index (χ0v) is 11.5. The highest BCUT2D eigenvalue weighted by Crippen LogP contribution is 2.28. The first kappa shape index (κ1) is 14.0. The van der Waals surface area contributed by atoms with Crippen molar-refractivity contribution < 1.29 is 18.3 Å². The molecule has 1 fully saturated rings. The lowest BCUT2D eigenvalue weighted by molar-refractivity contribution is -0.137. The van der Waals surface area contributed by atoms with Crippen molar-refractivity contribution in [1.29, 1.82) is 0 Å². The Hall–Kier alpha value is -1.41. The number of aromatic nitrogens is 2. The van der Waals surface area contributed by atoms with Crippen molar-refractivity contribution in [3.05, 3.63) is 12.4 Å². The van der Waals surface area contributed by atoms with Gasteiger partial charge in [-0.3, -0.25) is 9.48 Å². The summed E-state index contributed by atoms with van der Waals surface area (Å²) in [6.07, 6.45) is 5.41. The van der Waals surface area contributed by atoms with E-state index in [-0.39, 0.29) is 23.9 Å². The molecule has 1 aliphatic carbocycles. The molecule has 1 saturated carbocycles. The fourth-order valence-electron chi connectivity index (χ4n) is 1.92. The SMILES string of the molecule is CN(C1CCC1)S(=O)(=O)c1cnn(CCC(=O)O)c1. The van der Waals surface area contributed by atoms with E-state index in [2.05, 4.69) is 5.10 Å². The van der Waals surface area contributed by atoms with Crippen molar-refractivity contribution in [3.8, 4) is 0 Å². The smallest absolute Gasteiger partial charge is 0.305 e. The van der Waals surface area contributed by atoms with Crippen molar-refractivity contribution in [2.45, 2.75) is 43.2 Å². The van der Waals surface area contributed by atoms with Crippen LogP contribution in [0.3, 0.4) is 0 Å². The maximum atomic E-state index is 12.3. The molecule has 0 unspecified atom stereocenters. The zero-order valence-electron chi connectivity index (χ0n) is 10.7. The summed E-state index contributed by atoms with van der Waals surface area (Å²) >= 11 is 0. The Kier molecular flexibility index (Phi) is 3.91. The Morgan fingerprint density at radius 3 is 2.79 bits per heavy atom. The van der Waals surface area contributed by atoms with Crippen LogP contribution < -0.4 is 0 Å². The van der Waals surface area contributed by atoms with Crippen LogP contribution in [0.25, 0.3) is 0 Å². The quantitative estimate of drug-likeness (QED) is 0.824. The molecular weight excluding hydrogens is 270 g/mol. The average molecular weight is 287 g/mol. The monoisotopic (exact) mass is 287 g/mol. The van der Waals surface area contributed by atoms with Gasteiger partial charge in [-0.1, -0.05) is 6.42 Å². The summed E-state index contributed by atoms with van der Waals surface area (Å²) < 4.78 is 27.3. The molecule has 0 aromatic carbocycles. The van der Waals surface area contributed by atoms with Crippen LogP contribution in [0.4, 0.5) is 0 Å². The zero-order chi connectivity index (χ0) is 14.0. The molecule has 1 N–H and O–H groups in total. The highest BCUT2D eigenvalue weighted by atomic mass is 32.2. The molecule has 19 heavy (non-hydrogen) atoms. The third-order valence-electron chi connectivity index (χ3n) is 3.43. The Bertz CT molecular complexity index is 562. The van der Waals surface area contributed by atoms with E-state index in [4.69, 9.17) is 5.11 Å². The van der Waals surface area contributed by atoms with E-state index >= 15 is 0 Å². The summed E-state index contributed by atoms with van der Waals surface area (Å²) in [4.78, 5) is 10.6. The number of carboxylic acids is 1. The van der Waals surface area contributed by atoms with E-state index in [1.807, 2.05) is 0 Å². The number of nitrogens with zero attached hydrogens (tertiary/aromatic N) is 3. The standard InChI is InChI=1S/C11H17N3O4S/c1-13(9-3-2-4-9)19(17,18)10-7-12-14(8-10)6-5-11(15)16/h7-9H,2-6H2,1H3,(H,15,16). The van der Waals surface area contributed by atoms with Gasteiger partial charge in [-0.2, -0.15) is 9.40 Å². The van der Waals surface area contributed by atoms with E-state index in [1.165, 1.54) is 21.4 Å². The minimum Gasteiger partial charge on any atom is -0.481 e. The lowest BCUT2D eigenvalue weighted by Crippen LogP contribution is -2.41. The first-order valence-electron chi connectivity index (χ1n) is 6.13. The molecule has 0 saturated heterocycles. The molecule has 0 aliphatic heterocycles. The second kappa shape index (κ2) is 5.30.